The van der Waals surface area contributed by atoms with E-state index in [0.717, 1.165) is 75.9 Å². The van der Waals surface area contributed by atoms with Gasteiger partial charge in [-0.2, -0.15) is 0 Å². The quantitative estimate of drug-likeness (QED) is 0.0708. The van der Waals surface area contributed by atoms with Crippen LogP contribution in [0.3, 0.4) is 0 Å². The SMILES string of the molecule is C[Si](C)(C)CCOCN1C(=O)Cc2cccnc21.Cc1cc2c(cc1N)CC1(C2)C(=O)N(COCC[Si](C)(C)C)c2ncccc21.Cc1cc2c(cc1N)CC1(C2)C(=O)Nc2ncccc21. The number of rotatable bonds is 10. The Labute approximate surface area is 390 Å². The predicted molar refractivity (Wildman–Crippen MR) is 267 cm³/mol. The van der Waals surface area contributed by atoms with Gasteiger partial charge in [0.05, 0.1) is 17.3 Å². The van der Waals surface area contributed by atoms with Crippen LogP contribution < -0.4 is 26.6 Å². The van der Waals surface area contributed by atoms with Gasteiger partial charge in [0.2, 0.25) is 17.7 Å². The lowest BCUT2D eigenvalue weighted by Gasteiger charge is -2.23. The number of nitrogens with two attached hydrogens (primary N) is 2. The molecule has 10 rings (SSSR count). The maximum atomic E-state index is 13.6. The van der Waals surface area contributed by atoms with E-state index >= 15 is 0 Å². The summed E-state index contributed by atoms with van der Waals surface area (Å²) in [5.74, 6) is 2.44. The van der Waals surface area contributed by atoms with Gasteiger partial charge in [-0.3, -0.25) is 24.2 Å². The number of nitrogens with one attached hydrogen (secondary N) is 1. The van der Waals surface area contributed by atoms with Crippen LogP contribution in [-0.2, 0) is 66.8 Å². The first-order valence-electron chi connectivity index (χ1n) is 23.0. The highest BCUT2D eigenvalue weighted by molar-refractivity contribution is 6.76. The summed E-state index contributed by atoms with van der Waals surface area (Å²) in [7, 11) is -2.23. The molecule has 3 amide bonds. The van der Waals surface area contributed by atoms with E-state index in [4.69, 9.17) is 20.9 Å². The minimum absolute atomic E-state index is 0.0543. The normalized spacial score (nSPS) is 19.8. The number of fused-ring (bicyclic) bond motifs is 7. The number of aromatic nitrogens is 3. The van der Waals surface area contributed by atoms with E-state index in [-0.39, 0.29) is 24.5 Å². The van der Waals surface area contributed by atoms with Crippen molar-refractivity contribution in [3.8, 4) is 0 Å². The third-order valence-electron chi connectivity index (χ3n) is 13.5. The molecule has 3 aromatic heterocycles. The van der Waals surface area contributed by atoms with Crippen molar-refractivity contribution in [3.63, 3.8) is 0 Å². The van der Waals surface area contributed by atoms with Gasteiger partial charge in [0, 0.05) is 76.0 Å². The fourth-order valence-corrected chi connectivity index (χ4v) is 11.2. The van der Waals surface area contributed by atoms with E-state index in [9.17, 15) is 14.4 Å². The van der Waals surface area contributed by atoms with Gasteiger partial charge >= 0.3 is 0 Å². The molecule has 6 heterocycles. The molecular formula is C51H64N8O5Si2. The number of aryl methyl sites for hydroxylation is 2. The third-order valence-corrected chi connectivity index (χ3v) is 17.0. The van der Waals surface area contributed by atoms with Crippen molar-refractivity contribution in [2.75, 3.05) is 53.3 Å². The monoisotopic (exact) mass is 924 g/mol. The molecule has 15 heteroatoms. The Bertz CT molecular complexity index is 2630. The highest BCUT2D eigenvalue weighted by atomic mass is 28.3. The fraction of sp³-hybridized carbons (Fsp3) is 0.412. The van der Waals surface area contributed by atoms with E-state index in [2.05, 4.69) is 71.7 Å². The van der Waals surface area contributed by atoms with Crippen molar-refractivity contribution in [1.29, 1.82) is 0 Å². The Morgan fingerprint density at radius 2 is 1.11 bits per heavy atom. The molecule has 66 heavy (non-hydrogen) atoms. The number of anilines is 5. The van der Waals surface area contributed by atoms with E-state index in [1.807, 2.05) is 62.4 Å². The predicted octanol–water partition coefficient (Wildman–Crippen LogP) is 7.91. The average Bonchev–Trinajstić information content (AvgIpc) is 4.03. The summed E-state index contributed by atoms with van der Waals surface area (Å²) < 4.78 is 11.5. The Kier molecular flexibility index (Phi) is 12.9. The zero-order valence-electron chi connectivity index (χ0n) is 39.7. The molecule has 0 bridgehead atoms. The molecule has 5 aromatic rings. The van der Waals surface area contributed by atoms with Crippen molar-refractivity contribution in [2.24, 2.45) is 0 Å². The molecular weight excluding hydrogens is 861 g/mol. The highest BCUT2D eigenvalue weighted by Gasteiger charge is 2.55. The van der Waals surface area contributed by atoms with Crippen LogP contribution in [0.15, 0.2) is 79.3 Å². The molecule has 2 aliphatic carbocycles. The second-order valence-corrected chi connectivity index (χ2v) is 32.2. The minimum Gasteiger partial charge on any atom is -0.399 e. The first-order valence-corrected chi connectivity index (χ1v) is 30.4. The Balaban J connectivity index is 0.000000139. The summed E-state index contributed by atoms with van der Waals surface area (Å²) in [5, 5.41) is 2.91. The third kappa shape index (κ3) is 9.31. The molecule has 2 spiro atoms. The minimum atomic E-state index is -1.16. The lowest BCUT2D eigenvalue weighted by molar-refractivity contribution is -0.124. The largest absolute Gasteiger partial charge is 0.399 e. The number of nitrogens with zero attached hydrogens (tertiary/aromatic N) is 5. The van der Waals surface area contributed by atoms with Crippen LogP contribution >= 0.6 is 0 Å². The van der Waals surface area contributed by atoms with Gasteiger partial charge in [-0.15, -0.1) is 0 Å². The summed E-state index contributed by atoms with van der Waals surface area (Å²) in [6.45, 7) is 19.9. The van der Waals surface area contributed by atoms with E-state index < -0.39 is 27.0 Å². The number of pyridine rings is 3. The Morgan fingerprint density at radius 1 is 0.621 bits per heavy atom. The van der Waals surface area contributed by atoms with Crippen molar-refractivity contribution < 1.29 is 23.9 Å². The maximum Gasteiger partial charge on any atom is 0.241 e. The van der Waals surface area contributed by atoms with Gasteiger partial charge in [0.25, 0.3) is 0 Å². The van der Waals surface area contributed by atoms with Crippen LogP contribution in [0.25, 0.3) is 0 Å². The summed E-state index contributed by atoms with van der Waals surface area (Å²) in [6, 6.07) is 22.2. The zero-order valence-corrected chi connectivity index (χ0v) is 41.7. The van der Waals surface area contributed by atoms with E-state index in [0.29, 0.717) is 44.8 Å². The van der Waals surface area contributed by atoms with Crippen molar-refractivity contribution in [3.05, 3.63) is 129 Å². The van der Waals surface area contributed by atoms with Gasteiger partial charge < -0.3 is 26.3 Å². The molecule has 13 nitrogen and oxygen atoms in total. The van der Waals surface area contributed by atoms with E-state index in [1.54, 1.807) is 28.4 Å². The number of hydrogen-bond donors (Lipinski definition) is 3. The smallest absolute Gasteiger partial charge is 0.241 e. The van der Waals surface area contributed by atoms with Crippen molar-refractivity contribution in [1.82, 2.24) is 15.0 Å². The number of amides is 3. The molecule has 0 saturated carbocycles. The number of ether oxygens (including phenoxy) is 2. The molecule has 5 aliphatic rings. The lowest BCUT2D eigenvalue weighted by Crippen LogP contribution is -2.42. The molecule has 346 valence electrons. The first-order chi connectivity index (χ1) is 31.3. The van der Waals surface area contributed by atoms with Gasteiger partial charge in [-0.05, 0) is 115 Å². The molecule has 2 atom stereocenters. The number of carbonyl (C=O) groups excluding carboxylic acids is 3. The number of hydrogen-bond acceptors (Lipinski definition) is 10. The van der Waals surface area contributed by atoms with E-state index in [1.165, 1.54) is 22.3 Å². The van der Waals surface area contributed by atoms with Crippen molar-refractivity contribution >= 4 is 62.7 Å². The summed E-state index contributed by atoms with van der Waals surface area (Å²) >= 11 is 0. The lowest BCUT2D eigenvalue weighted by atomic mass is 9.79. The first kappa shape index (κ1) is 46.8. The second kappa shape index (κ2) is 18.2. The summed E-state index contributed by atoms with van der Waals surface area (Å²) in [4.78, 5) is 54.4. The Hall–Kier alpha value is -5.75. The van der Waals surface area contributed by atoms with Gasteiger partial charge in [0.1, 0.15) is 30.9 Å². The number of benzene rings is 2. The van der Waals surface area contributed by atoms with Crippen LogP contribution in [0.5, 0.6) is 0 Å². The number of carbonyl (C=O) groups is 3. The maximum absolute atomic E-state index is 13.6. The number of nitrogen functional groups attached to an aromatic ring is 2. The molecule has 0 saturated heterocycles. The fourth-order valence-electron chi connectivity index (χ4n) is 9.64. The molecule has 5 N–H and O–H groups in total. The highest BCUT2D eigenvalue weighted by Crippen LogP contribution is 2.50. The van der Waals surface area contributed by atoms with Crippen LogP contribution in [0.2, 0.25) is 51.4 Å². The van der Waals surface area contributed by atoms with Crippen LogP contribution in [0.4, 0.5) is 28.8 Å². The second-order valence-electron chi connectivity index (χ2n) is 21.0. The zero-order chi connectivity index (χ0) is 47.2. The molecule has 3 aliphatic heterocycles. The van der Waals surface area contributed by atoms with Gasteiger partial charge in [0.15, 0.2) is 0 Å². The molecule has 0 fully saturated rings. The van der Waals surface area contributed by atoms with Crippen LogP contribution in [0.1, 0.15) is 50.1 Å². The van der Waals surface area contributed by atoms with Crippen molar-refractivity contribution in [2.45, 2.75) is 108 Å². The standard InChI is InChI=1S/C22H29N3O2Si.C16H15N3O.C13H20N2O2Si/c1-15-10-16-12-22(13-17(16)11-19(15)23)18-6-5-7-24-20(18)25(21(22)26)14-27-8-9-28(2,3)4;1-9-5-10-7-16(8-11(10)6-13(9)17)12-3-2-4-18-14(12)19-15(16)20;1-18(2,3)8-7-17-10-15-12(16)9-11-5-4-6-14-13(11)15/h5-7,10-11H,8-9,12-14,23H2,1-4H3;2-6H,7-8,17H2,1H3,(H,18,19,20);4-6H,7-10H2,1-3H3. The Morgan fingerprint density at radius 3 is 1.68 bits per heavy atom. The molecule has 2 unspecified atom stereocenters. The van der Waals surface area contributed by atoms with Crippen LogP contribution in [-0.4, -0.2) is 75.5 Å². The van der Waals surface area contributed by atoms with Crippen LogP contribution in [0, 0.1) is 13.8 Å². The summed E-state index contributed by atoms with van der Waals surface area (Å²) in [6.07, 6.45) is 8.44. The topological polar surface area (TPSA) is 179 Å². The van der Waals surface area contributed by atoms with Gasteiger partial charge in [-0.25, -0.2) is 15.0 Å². The summed E-state index contributed by atoms with van der Waals surface area (Å²) in [5.41, 5.74) is 22.6. The average molecular weight is 925 g/mol. The molecule has 2 aromatic carbocycles. The van der Waals surface area contributed by atoms with Gasteiger partial charge in [-0.1, -0.05) is 69.6 Å². The molecule has 0 radical (unpaired) electrons.